The predicted molar refractivity (Wildman–Crippen MR) is 80.8 cm³/mol. The van der Waals surface area contributed by atoms with E-state index in [0.717, 1.165) is 24.1 Å². The molecule has 0 radical (unpaired) electrons. The van der Waals surface area contributed by atoms with Crippen molar-refractivity contribution in [3.05, 3.63) is 28.8 Å². The number of halogens is 1. The number of nitrogens with one attached hydrogen (secondary N) is 1. The zero-order valence-corrected chi connectivity index (χ0v) is 12.3. The van der Waals surface area contributed by atoms with E-state index in [1.54, 1.807) is 0 Å². The zero-order chi connectivity index (χ0) is 13.7. The molecule has 2 rings (SSSR count). The molecule has 0 aliphatic carbocycles. The summed E-state index contributed by atoms with van der Waals surface area (Å²) in [6.45, 7) is 2.23. The largest absolute Gasteiger partial charge is 0.324 e. The molecule has 1 heterocycles. The fourth-order valence-electron chi connectivity index (χ4n) is 2.73. The zero-order valence-electron chi connectivity index (χ0n) is 11.5. The molecule has 1 atom stereocenters. The fourth-order valence-corrected chi connectivity index (χ4v) is 2.96. The highest BCUT2D eigenvalue weighted by atomic mass is 35.5. The minimum Gasteiger partial charge on any atom is -0.324 e. The van der Waals surface area contributed by atoms with Crippen LogP contribution < -0.4 is 5.32 Å². The molecule has 1 unspecified atom stereocenters. The van der Waals surface area contributed by atoms with Gasteiger partial charge in [-0.25, -0.2) is 0 Å². The number of amides is 1. The highest BCUT2D eigenvalue weighted by molar-refractivity contribution is 6.34. The van der Waals surface area contributed by atoms with E-state index < -0.39 is 0 Å². The molecule has 104 valence electrons. The molecule has 0 spiro atoms. The van der Waals surface area contributed by atoms with Crippen LogP contribution in [-0.4, -0.2) is 5.91 Å². The Morgan fingerprint density at radius 3 is 2.68 bits per heavy atom. The maximum Gasteiger partial charge on any atom is 0.232 e. The van der Waals surface area contributed by atoms with Crippen LogP contribution >= 0.6 is 11.6 Å². The minimum absolute atomic E-state index is 0.000116. The van der Waals surface area contributed by atoms with Gasteiger partial charge < -0.3 is 5.32 Å². The Balaban J connectivity index is 1.85. The van der Waals surface area contributed by atoms with Gasteiger partial charge in [-0.1, -0.05) is 69.2 Å². The van der Waals surface area contributed by atoms with Gasteiger partial charge in [-0.15, -0.1) is 0 Å². The number of carbonyl (C=O) groups excluding carboxylic acids is 1. The van der Waals surface area contributed by atoms with E-state index in [1.165, 1.54) is 32.1 Å². The topological polar surface area (TPSA) is 29.1 Å². The first kappa shape index (κ1) is 14.4. The van der Waals surface area contributed by atoms with Crippen molar-refractivity contribution in [2.45, 2.75) is 57.8 Å². The van der Waals surface area contributed by atoms with Crippen LogP contribution in [-0.2, 0) is 4.79 Å². The van der Waals surface area contributed by atoms with E-state index in [4.69, 9.17) is 11.6 Å². The van der Waals surface area contributed by atoms with E-state index in [0.29, 0.717) is 5.02 Å². The second kappa shape index (κ2) is 6.95. The Morgan fingerprint density at radius 1 is 1.16 bits per heavy atom. The van der Waals surface area contributed by atoms with Crippen molar-refractivity contribution < 1.29 is 4.79 Å². The second-order valence-electron chi connectivity index (χ2n) is 5.30. The summed E-state index contributed by atoms with van der Waals surface area (Å²) < 4.78 is 0. The summed E-state index contributed by atoms with van der Waals surface area (Å²) in [5, 5.41) is 3.56. The van der Waals surface area contributed by atoms with Crippen LogP contribution in [0.15, 0.2) is 18.2 Å². The lowest BCUT2D eigenvalue weighted by atomic mass is 9.94. The first-order valence-corrected chi connectivity index (χ1v) is 7.71. The average molecular weight is 280 g/mol. The Morgan fingerprint density at radius 2 is 1.89 bits per heavy atom. The number of benzene rings is 1. The smallest absolute Gasteiger partial charge is 0.232 e. The van der Waals surface area contributed by atoms with E-state index in [1.807, 2.05) is 18.2 Å². The van der Waals surface area contributed by atoms with Crippen molar-refractivity contribution in [2.24, 2.45) is 0 Å². The molecule has 2 nitrogen and oxygen atoms in total. The standard InChI is InChI=1S/C16H22ClNO/c1-2-3-4-5-6-7-9-13-12-10-8-11-14(17)15(12)18-16(13)19/h8,10-11,13H,2-7,9H2,1H3,(H,18,19). The van der Waals surface area contributed by atoms with Crippen LogP contribution in [0.25, 0.3) is 0 Å². The van der Waals surface area contributed by atoms with Gasteiger partial charge in [0.25, 0.3) is 0 Å². The lowest BCUT2D eigenvalue weighted by Crippen LogP contribution is -2.11. The molecule has 1 aliphatic rings. The molecule has 1 aromatic rings. The number of rotatable bonds is 7. The van der Waals surface area contributed by atoms with E-state index in [2.05, 4.69) is 12.2 Å². The number of anilines is 1. The molecule has 0 saturated carbocycles. The Kier molecular flexibility index (Phi) is 5.26. The van der Waals surface area contributed by atoms with Crippen molar-refractivity contribution in [3.8, 4) is 0 Å². The lowest BCUT2D eigenvalue weighted by Gasteiger charge is -2.08. The van der Waals surface area contributed by atoms with Gasteiger partial charge >= 0.3 is 0 Å². The minimum atomic E-state index is -0.000116. The van der Waals surface area contributed by atoms with Crippen molar-refractivity contribution in [3.63, 3.8) is 0 Å². The molecule has 1 aliphatic heterocycles. The summed E-state index contributed by atoms with van der Waals surface area (Å²) in [6.07, 6.45) is 8.47. The maximum atomic E-state index is 12.0. The molecule has 0 saturated heterocycles. The van der Waals surface area contributed by atoms with E-state index in [9.17, 15) is 4.79 Å². The summed E-state index contributed by atoms with van der Waals surface area (Å²) in [6, 6.07) is 5.77. The lowest BCUT2D eigenvalue weighted by molar-refractivity contribution is -0.117. The van der Waals surface area contributed by atoms with Crippen molar-refractivity contribution in [2.75, 3.05) is 5.32 Å². The Labute approximate surface area is 120 Å². The number of para-hydroxylation sites is 1. The van der Waals surface area contributed by atoms with Crippen molar-refractivity contribution in [1.82, 2.24) is 0 Å². The second-order valence-corrected chi connectivity index (χ2v) is 5.71. The van der Waals surface area contributed by atoms with Gasteiger partial charge in [-0.2, -0.15) is 0 Å². The molecule has 0 aromatic heterocycles. The van der Waals surface area contributed by atoms with Gasteiger partial charge in [0.1, 0.15) is 0 Å². The molecule has 3 heteroatoms. The highest BCUT2D eigenvalue weighted by Crippen LogP contribution is 2.39. The van der Waals surface area contributed by atoms with Crippen LogP contribution in [0.3, 0.4) is 0 Å². The molecular formula is C16H22ClNO. The van der Waals surface area contributed by atoms with Crippen LogP contribution in [0.5, 0.6) is 0 Å². The number of hydrogen-bond donors (Lipinski definition) is 1. The third-order valence-corrected chi connectivity index (χ3v) is 4.15. The third-order valence-electron chi connectivity index (χ3n) is 3.83. The van der Waals surface area contributed by atoms with Gasteiger partial charge in [0, 0.05) is 0 Å². The highest BCUT2D eigenvalue weighted by Gasteiger charge is 2.30. The van der Waals surface area contributed by atoms with Gasteiger partial charge in [0.05, 0.1) is 16.6 Å². The van der Waals surface area contributed by atoms with Gasteiger partial charge in [-0.05, 0) is 18.1 Å². The molecule has 1 N–H and O–H groups in total. The molecule has 19 heavy (non-hydrogen) atoms. The summed E-state index contributed by atoms with van der Waals surface area (Å²) in [4.78, 5) is 12.0. The van der Waals surface area contributed by atoms with Crippen LogP contribution in [0.2, 0.25) is 5.02 Å². The fraction of sp³-hybridized carbons (Fsp3) is 0.562. The first-order chi connectivity index (χ1) is 9.24. The molecule has 1 amide bonds. The Hall–Kier alpha value is -1.02. The van der Waals surface area contributed by atoms with E-state index >= 15 is 0 Å². The quantitative estimate of drug-likeness (QED) is 0.689. The molecular weight excluding hydrogens is 258 g/mol. The summed E-state index contributed by atoms with van der Waals surface area (Å²) in [7, 11) is 0. The Bertz CT molecular complexity index is 444. The number of unbranched alkanes of at least 4 members (excludes halogenated alkanes) is 5. The maximum absolute atomic E-state index is 12.0. The predicted octanol–water partition coefficient (Wildman–Crippen LogP) is 5.13. The van der Waals surface area contributed by atoms with Gasteiger partial charge in [0.15, 0.2) is 0 Å². The molecule has 1 aromatic carbocycles. The van der Waals surface area contributed by atoms with Crippen LogP contribution in [0.4, 0.5) is 5.69 Å². The molecule has 0 bridgehead atoms. The number of hydrogen-bond acceptors (Lipinski definition) is 1. The average Bonchev–Trinajstić information content (AvgIpc) is 2.72. The SMILES string of the molecule is CCCCCCCCC1C(=O)Nc2c(Cl)cccc21. The van der Waals surface area contributed by atoms with Crippen LogP contribution in [0.1, 0.15) is 63.4 Å². The summed E-state index contributed by atoms with van der Waals surface area (Å²) in [5.41, 5.74) is 1.90. The summed E-state index contributed by atoms with van der Waals surface area (Å²) >= 11 is 6.10. The van der Waals surface area contributed by atoms with Gasteiger partial charge in [-0.3, -0.25) is 4.79 Å². The number of carbonyl (C=O) groups is 1. The van der Waals surface area contributed by atoms with E-state index in [-0.39, 0.29) is 11.8 Å². The van der Waals surface area contributed by atoms with Gasteiger partial charge in [0.2, 0.25) is 5.91 Å². The number of fused-ring (bicyclic) bond motifs is 1. The van der Waals surface area contributed by atoms with Crippen molar-refractivity contribution in [1.29, 1.82) is 0 Å². The summed E-state index contributed by atoms with van der Waals surface area (Å²) in [5.74, 6) is 0.108. The molecule has 0 fully saturated rings. The van der Waals surface area contributed by atoms with Crippen LogP contribution in [0, 0.1) is 0 Å². The first-order valence-electron chi connectivity index (χ1n) is 7.33. The monoisotopic (exact) mass is 279 g/mol. The normalized spacial score (nSPS) is 17.4. The third kappa shape index (κ3) is 3.50. The van der Waals surface area contributed by atoms with Crippen molar-refractivity contribution >= 4 is 23.2 Å².